The molecule has 7 nitrogen and oxygen atoms in total. The highest BCUT2D eigenvalue weighted by Gasteiger charge is 2.12. The third kappa shape index (κ3) is 3.76. The highest BCUT2D eigenvalue weighted by atomic mass is 79.9. The van der Waals surface area contributed by atoms with Crippen LogP contribution in [-0.4, -0.2) is 9.85 Å². The molecule has 0 unspecified atom stereocenters. The summed E-state index contributed by atoms with van der Waals surface area (Å²) in [4.78, 5) is 20.6. The van der Waals surface area contributed by atoms with Gasteiger partial charge in [-0.05, 0) is 33.6 Å². The Morgan fingerprint density at radius 1 is 1.05 bits per heavy atom. The lowest BCUT2D eigenvalue weighted by Crippen LogP contribution is -2.01. The van der Waals surface area contributed by atoms with Crippen molar-refractivity contribution in [1.29, 1.82) is 0 Å². The van der Waals surface area contributed by atoms with E-state index in [1.165, 1.54) is 18.2 Å². The van der Waals surface area contributed by atoms with Crippen LogP contribution in [0.1, 0.15) is 5.56 Å². The van der Waals surface area contributed by atoms with E-state index < -0.39 is 9.85 Å². The number of hydrogen-bond donors (Lipinski definition) is 1. The van der Waals surface area contributed by atoms with E-state index in [9.17, 15) is 20.2 Å². The SMILES string of the molecule is O=[N+]([O-])c1cccc(NCc2ccc(Br)c([N+](=O)[O-])c2)c1. The molecule has 2 rings (SSSR count). The quantitative estimate of drug-likeness (QED) is 0.650. The molecule has 0 aliphatic carbocycles. The van der Waals surface area contributed by atoms with Gasteiger partial charge in [-0.15, -0.1) is 0 Å². The Balaban J connectivity index is 2.13. The molecule has 0 atom stereocenters. The van der Waals surface area contributed by atoms with Crippen molar-refractivity contribution in [2.75, 3.05) is 5.32 Å². The molecule has 108 valence electrons. The van der Waals surface area contributed by atoms with Crippen molar-refractivity contribution >= 4 is 33.0 Å². The average molecular weight is 352 g/mol. The van der Waals surface area contributed by atoms with Crippen molar-refractivity contribution in [1.82, 2.24) is 0 Å². The summed E-state index contributed by atoms with van der Waals surface area (Å²) in [6.45, 7) is 0.329. The molecule has 0 amide bonds. The van der Waals surface area contributed by atoms with E-state index in [4.69, 9.17) is 0 Å². The molecule has 0 spiro atoms. The second kappa shape index (κ2) is 6.31. The highest BCUT2D eigenvalue weighted by molar-refractivity contribution is 9.10. The second-order valence-electron chi connectivity index (χ2n) is 4.20. The molecule has 2 aromatic carbocycles. The van der Waals surface area contributed by atoms with Gasteiger partial charge in [-0.2, -0.15) is 0 Å². The van der Waals surface area contributed by atoms with Crippen molar-refractivity contribution in [2.24, 2.45) is 0 Å². The number of nitrogens with one attached hydrogen (secondary N) is 1. The molecular formula is C13H10BrN3O4. The van der Waals surface area contributed by atoms with E-state index in [1.54, 1.807) is 24.3 Å². The fraction of sp³-hybridized carbons (Fsp3) is 0.0769. The molecule has 1 N–H and O–H groups in total. The minimum atomic E-state index is -0.477. The Morgan fingerprint density at radius 2 is 1.81 bits per heavy atom. The third-order valence-electron chi connectivity index (χ3n) is 2.76. The van der Waals surface area contributed by atoms with E-state index in [1.807, 2.05) is 0 Å². The van der Waals surface area contributed by atoms with Gasteiger partial charge in [-0.1, -0.05) is 12.1 Å². The number of nitrogens with zero attached hydrogens (tertiary/aromatic N) is 2. The van der Waals surface area contributed by atoms with Gasteiger partial charge in [0.25, 0.3) is 11.4 Å². The van der Waals surface area contributed by atoms with Crippen molar-refractivity contribution in [3.63, 3.8) is 0 Å². The fourth-order valence-electron chi connectivity index (χ4n) is 1.74. The average Bonchev–Trinajstić information content (AvgIpc) is 2.46. The summed E-state index contributed by atoms with van der Waals surface area (Å²) >= 11 is 3.12. The summed E-state index contributed by atoms with van der Waals surface area (Å²) in [5.41, 5.74) is 1.25. The molecule has 2 aromatic rings. The zero-order chi connectivity index (χ0) is 15.4. The molecular weight excluding hydrogens is 342 g/mol. The number of hydrogen-bond acceptors (Lipinski definition) is 5. The summed E-state index contributed by atoms with van der Waals surface area (Å²) < 4.78 is 0.409. The Bertz CT molecular complexity index is 706. The Morgan fingerprint density at radius 3 is 2.48 bits per heavy atom. The van der Waals surface area contributed by atoms with Crippen molar-refractivity contribution in [2.45, 2.75) is 6.54 Å². The topological polar surface area (TPSA) is 98.3 Å². The summed E-state index contributed by atoms with van der Waals surface area (Å²) in [5, 5.41) is 24.5. The minimum absolute atomic E-state index is 0.0122. The van der Waals surface area contributed by atoms with E-state index >= 15 is 0 Å². The van der Waals surface area contributed by atoms with Crippen LogP contribution in [0.4, 0.5) is 17.1 Å². The van der Waals surface area contributed by atoms with Gasteiger partial charge in [0, 0.05) is 30.4 Å². The number of non-ortho nitro benzene ring substituents is 1. The smallest absolute Gasteiger partial charge is 0.283 e. The van der Waals surface area contributed by atoms with Gasteiger partial charge < -0.3 is 5.32 Å². The first-order chi connectivity index (χ1) is 9.97. The van der Waals surface area contributed by atoms with E-state index in [2.05, 4.69) is 21.2 Å². The van der Waals surface area contributed by atoms with Gasteiger partial charge >= 0.3 is 0 Å². The van der Waals surface area contributed by atoms with Crippen LogP contribution in [0.5, 0.6) is 0 Å². The zero-order valence-corrected chi connectivity index (χ0v) is 12.2. The van der Waals surface area contributed by atoms with Gasteiger partial charge in [0.05, 0.1) is 14.3 Å². The third-order valence-corrected chi connectivity index (χ3v) is 3.43. The maximum atomic E-state index is 10.8. The van der Waals surface area contributed by atoms with Crippen LogP contribution in [0.25, 0.3) is 0 Å². The summed E-state index contributed by atoms with van der Waals surface area (Å²) in [6, 6.07) is 10.9. The summed E-state index contributed by atoms with van der Waals surface area (Å²) in [7, 11) is 0. The van der Waals surface area contributed by atoms with Crippen molar-refractivity contribution < 1.29 is 9.85 Å². The van der Waals surface area contributed by atoms with Crippen LogP contribution in [0.15, 0.2) is 46.9 Å². The lowest BCUT2D eigenvalue weighted by Gasteiger charge is -2.07. The van der Waals surface area contributed by atoms with Gasteiger partial charge in [0.1, 0.15) is 0 Å². The molecule has 0 aliphatic heterocycles. The molecule has 0 saturated carbocycles. The zero-order valence-electron chi connectivity index (χ0n) is 10.7. The molecule has 8 heteroatoms. The molecule has 0 aliphatic rings. The van der Waals surface area contributed by atoms with E-state index in [0.717, 1.165) is 0 Å². The van der Waals surface area contributed by atoms with Crippen LogP contribution in [0, 0.1) is 20.2 Å². The predicted molar refractivity (Wildman–Crippen MR) is 81.2 cm³/mol. The molecule has 0 saturated heterocycles. The number of benzene rings is 2. The number of nitro groups is 2. The number of anilines is 1. The standard InChI is InChI=1S/C13H10BrN3O4/c14-12-5-4-9(6-13(12)17(20)21)8-15-10-2-1-3-11(7-10)16(18)19/h1-7,15H,8H2. The first-order valence-corrected chi connectivity index (χ1v) is 6.68. The van der Waals surface area contributed by atoms with Crippen LogP contribution in [0.2, 0.25) is 0 Å². The molecule has 0 heterocycles. The van der Waals surface area contributed by atoms with E-state index in [-0.39, 0.29) is 11.4 Å². The highest BCUT2D eigenvalue weighted by Crippen LogP contribution is 2.26. The number of halogens is 1. The Kier molecular flexibility index (Phi) is 4.49. The summed E-state index contributed by atoms with van der Waals surface area (Å²) in [5.74, 6) is 0. The molecule has 21 heavy (non-hydrogen) atoms. The van der Waals surface area contributed by atoms with Crippen LogP contribution >= 0.6 is 15.9 Å². The Hall–Kier alpha value is -2.48. The normalized spacial score (nSPS) is 10.1. The van der Waals surface area contributed by atoms with Gasteiger partial charge in [-0.3, -0.25) is 20.2 Å². The lowest BCUT2D eigenvalue weighted by atomic mass is 10.2. The van der Waals surface area contributed by atoms with Gasteiger partial charge in [-0.25, -0.2) is 0 Å². The van der Waals surface area contributed by atoms with Crippen LogP contribution < -0.4 is 5.32 Å². The van der Waals surface area contributed by atoms with E-state index in [0.29, 0.717) is 22.3 Å². The van der Waals surface area contributed by atoms with Gasteiger partial charge in [0.2, 0.25) is 0 Å². The molecule has 0 aromatic heterocycles. The second-order valence-corrected chi connectivity index (χ2v) is 5.06. The first kappa shape index (κ1) is 14.9. The fourth-order valence-corrected chi connectivity index (χ4v) is 2.13. The Labute approximate surface area is 128 Å². The van der Waals surface area contributed by atoms with Gasteiger partial charge in [0.15, 0.2) is 0 Å². The summed E-state index contributed by atoms with van der Waals surface area (Å²) in [6.07, 6.45) is 0. The number of rotatable bonds is 5. The van der Waals surface area contributed by atoms with Crippen molar-refractivity contribution in [3.8, 4) is 0 Å². The predicted octanol–water partition coefficient (Wildman–Crippen LogP) is 3.88. The first-order valence-electron chi connectivity index (χ1n) is 5.88. The van der Waals surface area contributed by atoms with Crippen molar-refractivity contribution in [3.05, 3.63) is 72.7 Å². The molecule has 0 radical (unpaired) electrons. The molecule has 0 bridgehead atoms. The minimum Gasteiger partial charge on any atom is -0.381 e. The maximum absolute atomic E-state index is 10.8. The number of nitro benzene ring substituents is 2. The maximum Gasteiger partial charge on any atom is 0.283 e. The lowest BCUT2D eigenvalue weighted by molar-refractivity contribution is -0.385. The van der Waals surface area contributed by atoms with Crippen LogP contribution in [0.3, 0.4) is 0 Å². The van der Waals surface area contributed by atoms with Crippen LogP contribution in [-0.2, 0) is 6.54 Å². The monoisotopic (exact) mass is 351 g/mol. The molecule has 0 fully saturated rings. The largest absolute Gasteiger partial charge is 0.381 e.